The van der Waals surface area contributed by atoms with Gasteiger partial charge in [-0.25, -0.2) is 0 Å². The van der Waals surface area contributed by atoms with Crippen LogP contribution >= 0.6 is 23.2 Å². The molecule has 0 saturated carbocycles. The zero-order valence-corrected chi connectivity index (χ0v) is 14.2. The van der Waals surface area contributed by atoms with Crippen molar-refractivity contribution in [3.8, 4) is 0 Å². The van der Waals surface area contributed by atoms with E-state index in [0.29, 0.717) is 32.4 Å². The molecule has 1 N–H and O–H groups in total. The molecule has 0 radical (unpaired) electrons. The largest absolute Gasteiger partial charge is 0.481 e. The molecule has 1 aromatic heterocycles. The summed E-state index contributed by atoms with van der Waals surface area (Å²) >= 11 is 11.9. The number of hydrogen-bond donors (Lipinski definition) is 1. The van der Waals surface area contributed by atoms with Gasteiger partial charge in [-0.1, -0.05) is 41.4 Å². The van der Waals surface area contributed by atoms with E-state index in [1.54, 1.807) is 25.1 Å². The first-order chi connectivity index (χ1) is 11.4. The van der Waals surface area contributed by atoms with Gasteiger partial charge in [-0.3, -0.25) is 14.2 Å². The first kappa shape index (κ1) is 16.6. The normalized spacial score (nSPS) is 11.0. The van der Waals surface area contributed by atoms with Crippen LogP contribution in [0.2, 0.25) is 10.0 Å². The summed E-state index contributed by atoms with van der Waals surface area (Å²) in [6, 6.07) is 11.9. The number of carbonyl (C=O) groups excluding carboxylic acids is 1. The molecule has 0 aliphatic rings. The van der Waals surface area contributed by atoms with Crippen molar-refractivity contribution in [2.75, 3.05) is 0 Å². The van der Waals surface area contributed by atoms with Crippen molar-refractivity contribution in [1.29, 1.82) is 0 Å². The summed E-state index contributed by atoms with van der Waals surface area (Å²) in [5.41, 5.74) is 2.29. The number of halogens is 2. The monoisotopic (exact) mass is 361 g/mol. The van der Waals surface area contributed by atoms with E-state index in [-0.39, 0.29) is 12.3 Å². The molecule has 0 amide bonds. The van der Waals surface area contributed by atoms with E-state index in [1.807, 2.05) is 18.2 Å². The Hall–Kier alpha value is -2.30. The summed E-state index contributed by atoms with van der Waals surface area (Å²) in [5.74, 6) is -1.22. The molecule has 24 heavy (non-hydrogen) atoms. The third kappa shape index (κ3) is 2.79. The predicted molar refractivity (Wildman–Crippen MR) is 94.2 cm³/mol. The maximum Gasteiger partial charge on any atom is 0.307 e. The molecular formula is C18H13Cl2NO3. The van der Waals surface area contributed by atoms with Crippen LogP contribution in [-0.2, 0) is 11.2 Å². The third-order valence-corrected chi connectivity index (χ3v) is 4.68. The van der Waals surface area contributed by atoms with Crippen molar-refractivity contribution in [3.05, 3.63) is 69.3 Å². The van der Waals surface area contributed by atoms with Gasteiger partial charge in [-0.2, -0.15) is 0 Å². The highest BCUT2D eigenvalue weighted by Crippen LogP contribution is 2.29. The minimum absolute atomic E-state index is 0.145. The fourth-order valence-electron chi connectivity index (χ4n) is 2.83. The zero-order chi connectivity index (χ0) is 17.4. The first-order valence-corrected chi connectivity index (χ1v) is 7.96. The molecule has 3 aromatic rings. The first-order valence-electron chi connectivity index (χ1n) is 7.20. The number of para-hydroxylation sites is 1. The second-order valence-corrected chi connectivity index (χ2v) is 6.24. The molecule has 0 bridgehead atoms. The van der Waals surface area contributed by atoms with E-state index < -0.39 is 5.97 Å². The summed E-state index contributed by atoms with van der Waals surface area (Å²) in [5, 5.41) is 10.6. The molecule has 4 nitrogen and oxygen atoms in total. The van der Waals surface area contributed by atoms with Gasteiger partial charge in [0.2, 0.25) is 0 Å². The van der Waals surface area contributed by atoms with E-state index in [0.717, 1.165) is 5.39 Å². The van der Waals surface area contributed by atoms with Crippen LogP contribution in [0.15, 0.2) is 42.5 Å². The van der Waals surface area contributed by atoms with Gasteiger partial charge < -0.3 is 5.11 Å². The highest BCUT2D eigenvalue weighted by atomic mass is 35.5. The van der Waals surface area contributed by atoms with Crippen LogP contribution in [0.4, 0.5) is 0 Å². The summed E-state index contributed by atoms with van der Waals surface area (Å²) in [6.07, 6.45) is -0.145. The minimum Gasteiger partial charge on any atom is -0.481 e. The molecule has 0 saturated heterocycles. The molecular weight excluding hydrogens is 349 g/mol. The van der Waals surface area contributed by atoms with Gasteiger partial charge in [0.25, 0.3) is 5.91 Å². The fraction of sp³-hybridized carbons (Fsp3) is 0.111. The number of aromatic nitrogens is 1. The molecule has 0 aliphatic heterocycles. The lowest BCUT2D eigenvalue weighted by molar-refractivity contribution is -0.136. The Bertz CT molecular complexity index is 976. The van der Waals surface area contributed by atoms with Gasteiger partial charge in [0.05, 0.1) is 22.0 Å². The second kappa shape index (κ2) is 6.30. The topological polar surface area (TPSA) is 59.3 Å². The van der Waals surface area contributed by atoms with Crippen molar-refractivity contribution in [1.82, 2.24) is 4.57 Å². The zero-order valence-electron chi connectivity index (χ0n) is 12.7. The van der Waals surface area contributed by atoms with Gasteiger partial charge >= 0.3 is 5.97 Å². The second-order valence-electron chi connectivity index (χ2n) is 5.42. The van der Waals surface area contributed by atoms with Gasteiger partial charge in [-0.15, -0.1) is 0 Å². The molecule has 0 spiro atoms. The number of carbonyl (C=O) groups is 2. The fourth-order valence-corrected chi connectivity index (χ4v) is 3.13. The van der Waals surface area contributed by atoms with Crippen molar-refractivity contribution in [3.63, 3.8) is 0 Å². The van der Waals surface area contributed by atoms with E-state index >= 15 is 0 Å². The van der Waals surface area contributed by atoms with Crippen LogP contribution in [0.25, 0.3) is 10.9 Å². The molecule has 2 aromatic carbocycles. The number of rotatable bonds is 3. The quantitative estimate of drug-likeness (QED) is 0.742. The van der Waals surface area contributed by atoms with E-state index in [1.165, 1.54) is 10.6 Å². The van der Waals surface area contributed by atoms with Crippen LogP contribution in [0.3, 0.4) is 0 Å². The average molecular weight is 362 g/mol. The Morgan fingerprint density at radius 2 is 1.79 bits per heavy atom. The Kier molecular flexibility index (Phi) is 4.35. The molecule has 3 rings (SSSR count). The van der Waals surface area contributed by atoms with Crippen LogP contribution in [0.5, 0.6) is 0 Å². The maximum atomic E-state index is 13.0. The van der Waals surface area contributed by atoms with Crippen molar-refractivity contribution in [2.24, 2.45) is 0 Å². The average Bonchev–Trinajstić information content (AvgIpc) is 2.81. The van der Waals surface area contributed by atoms with E-state index in [9.17, 15) is 9.59 Å². The Morgan fingerprint density at radius 1 is 1.08 bits per heavy atom. The van der Waals surface area contributed by atoms with Crippen LogP contribution < -0.4 is 0 Å². The molecule has 6 heteroatoms. The summed E-state index contributed by atoms with van der Waals surface area (Å²) in [7, 11) is 0. The Balaban J connectivity index is 2.21. The third-order valence-electron chi connectivity index (χ3n) is 3.94. The molecule has 0 aliphatic carbocycles. The number of hydrogen-bond acceptors (Lipinski definition) is 2. The minimum atomic E-state index is -0.942. The highest BCUT2D eigenvalue weighted by Gasteiger charge is 2.21. The van der Waals surface area contributed by atoms with Crippen LogP contribution in [0, 0.1) is 6.92 Å². The van der Waals surface area contributed by atoms with Crippen molar-refractivity contribution >= 4 is 46.0 Å². The number of carboxylic acids is 1. The lowest BCUT2D eigenvalue weighted by Crippen LogP contribution is -2.14. The number of aliphatic carboxylic acids is 1. The van der Waals surface area contributed by atoms with Gasteiger partial charge in [0.15, 0.2) is 0 Å². The summed E-state index contributed by atoms with van der Waals surface area (Å²) in [6.45, 7) is 1.74. The number of nitrogens with zero attached hydrogens (tertiary/aromatic N) is 1. The van der Waals surface area contributed by atoms with E-state index in [2.05, 4.69) is 0 Å². The molecule has 0 fully saturated rings. The van der Waals surface area contributed by atoms with Gasteiger partial charge in [0, 0.05) is 16.6 Å². The summed E-state index contributed by atoms with van der Waals surface area (Å²) in [4.78, 5) is 24.1. The molecule has 0 atom stereocenters. The highest BCUT2D eigenvalue weighted by molar-refractivity contribution is 6.42. The SMILES string of the molecule is Cc1c(CC(=O)O)c2ccccc2n1C(=O)c1ccc(Cl)c(Cl)c1. The van der Waals surface area contributed by atoms with Gasteiger partial charge in [0.1, 0.15) is 0 Å². The van der Waals surface area contributed by atoms with E-state index in [4.69, 9.17) is 28.3 Å². The smallest absolute Gasteiger partial charge is 0.307 e. The van der Waals surface area contributed by atoms with Crippen LogP contribution in [-0.4, -0.2) is 21.6 Å². The lowest BCUT2D eigenvalue weighted by atomic mass is 10.1. The van der Waals surface area contributed by atoms with Gasteiger partial charge in [-0.05, 0) is 36.8 Å². The Morgan fingerprint density at radius 3 is 2.46 bits per heavy atom. The molecule has 122 valence electrons. The van der Waals surface area contributed by atoms with Crippen LogP contribution in [0.1, 0.15) is 21.6 Å². The number of fused-ring (bicyclic) bond motifs is 1. The summed E-state index contributed by atoms with van der Waals surface area (Å²) < 4.78 is 1.52. The maximum absolute atomic E-state index is 13.0. The standard InChI is InChI=1S/C18H13Cl2NO3/c1-10-13(9-17(22)23)12-4-2-3-5-16(12)21(10)18(24)11-6-7-14(19)15(20)8-11/h2-8H,9H2,1H3,(H,22,23). The molecule has 0 unspecified atom stereocenters. The number of benzene rings is 2. The lowest BCUT2D eigenvalue weighted by Gasteiger charge is -2.08. The number of carboxylic acid groups (broad SMARTS) is 1. The van der Waals surface area contributed by atoms with Crippen molar-refractivity contribution in [2.45, 2.75) is 13.3 Å². The molecule has 1 heterocycles. The predicted octanol–water partition coefficient (Wildman–Crippen LogP) is 4.57. The Labute approximate surface area is 148 Å². The van der Waals surface area contributed by atoms with Crippen molar-refractivity contribution < 1.29 is 14.7 Å².